The highest BCUT2D eigenvalue weighted by Crippen LogP contribution is 2.24. The van der Waals surface area contributed by atoms with Crippen molar-refractivity contribution < 1.29 is 0 Å². The molecule has 0 saturated heterocycles. The van der Waals surface area contributed by atoms with E-state index in [1.54, 1.807) is 0 Å². The van der Waals surface area contributed by atoms with Gasteiger partial charge in [-0.2, -0.15) is 0 Å². The molecule has 1 rings (SSSR count). The Bertz CT molecular complexity index is 339. The van der Waals surface area contributed by atoms with Gasteiger partial charge in [0.2, 0.25) is 0 Å². The first-order valence-corrected chi connectivity index (χ1v) is 6.74. The number of likely N-dealkylation sites (N-methyl/N-ethyl adjacent to an activating group) is 1. The van der Waals surface area contributed by atoms with Gasteiger partial charge >= 0.3 is 0 Å². The summed E-state index contributed by atoms with van der Waals surface area (Å²) in [4.78, 5) is 4.54. The van der Waals surface area contributed by atoms with Gasteiger partial charge in [0.05, 0.1) is 0 Å². The molecule has 1 N–H and O–H groups in total. The molecule has 1 aromatic heterocycles. The molecule has 0 aliphatic rings. The molecule has 16 heavy (non-hydrogen) atoms. The van der Waals surface area contributed by atoms with Crippen molar-refractivity contribution in [3.63, 3.8) is 0 Å². The zero-order valence-electron chi connectivity index (χ0n) is 10.5. The fourth-order valence-electron chi connectivity index (χ4n) is 2.16. The molecule has 90 valence electrons. The highest BCUT2D eigenvalue weighted by atomic mass is 79.9. The largest absolute Gasteiger partial charge is 0.314 e. The van der Waals surface area contributed by atoms with Crippen molar-refractivity contribution in [2.75, 3.05) is 6.54 Å². The van der Waals surface area contributed by atoms with Crippen LogP contribution in [0.25, 0.3) is 0 Å². The van der Waals surface area contributed by atoms with E-state index < -0.39 is 0 Å². The van der Waals surface area contributed by atoms with Crippen LogP contribution in [0.4, 0.5) is 0 Å². The Kier molecular flexibility index (Phi) is 5.42. The molecule has 3 heteroatoms. The minimum atomic E-state index is 0.457. The molecule has 0 radical (unpaired) electrons. The number of aryl methyl sites for hydroxylation is 1. The highest BCUT2D eigenvalue weighted by molar-refractivity contribution is 9.10. The third-order valence-corrected chi connectivity index (χ3v) is 3.46. The van der Waals surface area contributed by atoms with E-state index in [1.807, 2.05) is 6.20 Å². The van der Waals surface area contributed by atoms with Crippen LogP contribution in [0.5, 0.6) is 0 Å². The van der Waals surface area contributed by atoms with Crippen LogP contribution in [0.1, 0.15) is 44.4 Å². The molecule has 1 heterocycles. The molecule has 0 bridgehead atoms. The van der Waals surface area contributed by atoms with E-state index >= 15 is 0 Å². The molecular weight excluding hydrogens is 264 g/mol. The van der Waals surface area contributed by atoms with Gasteiger partial charge in [0.15, 0.2) is 0 Å². The molecule has 1 aromatic rings. The van der Waals surface area contributed by atoms with Gasteiger partial charge in [-0.1, -0.05) is 20.8 Å². The zero-order chi connectivity index (χ0) is 12.1. The normalized spacial score (nSPS) is 14.8. The summed E-state index contributed by atoms with van der Waals surface area (Å²) in [5.41, 5.74) is 2.47. The Balaban J connectivity index is 2.89. The Hall–Kier alpha value is -0.410. The topological polar surface area (TPSA) is 24.9 Å². The minimum absolute atomic E-state index is 0.457. The molecule has 2 unspecified atom stereocenters. The van der Waals surface area contributed by atoms with Crippen LogP contribution in [0.2, 0.25) is 0 Å². The molecule has 0 aliphatic heterocycles. The number of nitrogens with zero attached hydrogens (tertiary/aromatic N) is 1. The number of pyridine rings is 1. The maximum atomic E-state index is 4.54. The van der Waals surface area contributed by atoms with Crippen molar-refractivity contribution >= 4 is 15.9 Å². The van der Waals surface area contributed by atoms with E-state index in [0.29, 0.717) is 12.0 Å². The standard InChI is InChI=1S/C13H21BrN2/c1-5-12(15-6-2)10(4)13-9(3)7-11(14)8-16-13/h7-8,10,12,15H,5-6H2,1-4H3. The van der Waals surface area contributed by atoms with Crippen molar-refractivity contribution in [2.45, 2.75) is 46.1 Å². The Morgan fingerprint density at radius 2 is 2.12 bits per heavy atom. The van der Waals surface area contributed by atoms with Crippen molar-refractivity contribution in [3.05, 3.63) is 28.0 Å². The van der Waals surface area contributed by atoms with Gasteiger partial charge in [-0.05, 0) is 47.4 Å². The second-order valence-electron chi connectivity index (χ2n) is 4.22. The average molecular weight is 285 g/mol. The van der Waals surface area contributed by atoms with Gasteiger partial charge in [-0.25, -0.2) is 0 Å². The van der Waals surface area contributed by atoms with Gasteiger partial charge in [0.25, 0.3) is 0 Å². The average Bonchev–Trinajstić information content (AvgIpc) is 2.25. The van der Waals surface area contributed by atoms with Gasteiger partial charge in [0.1, 0.15) is 0 Å². The maximum absolute atomic E-state index is 4.54. The van der Waals surface area contributed by atoms with Crippen LogP contribution in [0.15, 0.2) is 16.7 Å². The van der Waals surface area contributed by atoms with Crippen molar-refractivity contribution in [3.8, 4) is 0 Å². The van der Waals surface area contributed by atoms with Gasteiger partial charge in [0, 0.05) is 28.3 Å². The zero-order valence-corrected chi connectivity index (χ0v) is 12.1. The summed E-state index contributed by atoms with van der Waals surface area (Å²) in [5, 5.41) is 3.52. The van der Waals surface area contributed by atoms with E-state index in [1.165, 1.54) is 11.3 Å². The molecular formula is C13H21BrN2. The fourth-order valence-corrected chi connectivity index (χ4v) is 2.60. The second kappa shape index (κ2) is 6.36. The lowest BCUT2D eigenvalue weighted by atomic mass is 9.93. The summed E-state index contributed by atoms with van der Waals surface area (Å²) in [6.07, 6.45) is 3.02. The van der Waals surface area contributed by atoms with Gasteiger partial charge in [-0.15, -0.1) is 0 Å². The molecule has 0 aliphatic carbocycles. The first kappa shape index (κ1) is 13.7. The third kappa shape index (κ3) is 3.29. The van der Waals surface area contributed by atoms with Crippen LogP contribution >= 0.6 is 15.9 Å². The van der Waals surface area contributed by atoms with E-state index in [0.717, 1.165) is 17.4 Å². The van der Waals surface area contributed by atoms with E-state index in [-0.39, 0.29) is 0 Å². The molecule has 0 aromatic carbocycles. The van der Waals surface area contributed by atoms with E-state index in [4.69, 9.17) is 0 Å². The Morgan fingerprint density at radius 3 is 2.62 bits per heavy atom. The SMILES string of the molecule is CCNC(CC)C(C)c1ncc(Br)cc1C. The summed E-state index contributed by atoms with van der Waals surface area (Å²) in [6, 6.07) is 2.65. The quantitative estimate of drug-likeness (QED) is 0.893. The smallest absolute Gasteiger partial charge is 0.0477 e. The van der Waals surface area contributed by atoms with Crippen molar-refractivity contribution in [1.29, 1.82) is 0 Å². The number of hydrogen-bond acceptors (Lipinski definition) is 2. The van der Waals surface area contributed by atoms with Gasteiger partial charge < -0.3 is 5.32 Å². The maximum Gasteiger partial charge on any atom is 0.0477 e. The summed E-state index contributed by atoms with van der Waals surface area (Å²) in [7, 11) is 0. The van der Waals surface area contributed by atoms with Crippen LogP contribution < -0.4 is 5.32 Å². The van der Waals surface area contributed by atoms with E-state index in [9.17, 15) is 0 Å². The van der Waals surface area contributed by atoms with Crippen LogP contribution in [-0.2, 0) is 0 Å². The molecule has 0 spiro atoms. The number of nitrogens with one attached hydrogen (secondary N) is 1. The van der Waals surface area contributed by atoms with Crippen LogP contribution in [0.3, 0.4) is 0 Å². The molecule has 2 nitrogen and oxygen atoms in total. The fraction of sp³-hybridized carbons (Fsp3) is 0.615. The highest BCUT2D eigenvalue weighted by Gasteiger charge is 2.19. The summed E-state index contributed by atoms with van der Waals surface area (Å²) in [6.45, 7) is 9.76. The molecule has 0 fully saturated rings. The Morgan fingerprint density at radius 1 is 1.44 bits per heavy atom. The molecule has 0 amide bonds. The van der Waals surface area contributed by atoms with E-state index in [2.05, 4.69) is 60.0 Å². The first-order chi connectivity index (χ1) is 7.60. The predicted molar refractivity (Wildman–Crippen MR) is 72.8 cm³/mol. The third-order valence-electron chi connectivity index (χ3n) is 3.03. The predicted octanol–water partition coefficient (Wildman–Crippen LogP) is 3.64. The number of rotatable bonds is 5. The van der Waals surface area contributed by atoms with Crippen molar-refractivity contribution in [1.82, 2.24) is 10.3 Å². The lowest BCUT2D eigenvalue weighted by Crippen LogP contribution is -2.33. The van der Waals surface area contributed by atoms with Crippen molar-refractivity contribution in [2.24, 2.45) is 0 Å². The molecule has 0 saturated carbocycles. The lowest BCUT2D eigenvalue weighted by Gasteiger charge is -2.24. The number of halogens is 1. The second-order valence-corrected chi connectivity index (χ2v) is 5.13. The summed E-state index contributed by atoms with van der Waals surface area (Å²) >= 11 is 3.45. The monoisotopic (exact) mass is 284 g/mol. The van der Waals surface area contributed by atoms with Gasteiger partial charge in [-0.3, -0.25) is 4.98 Å². The van der Waals surface area contributed by atoms with Crippen LogP contribution in [0, 0.1) is 6.92 Å². The van der Waals surface area contributed by atoms with Crippen LogP contribution in [-0.4, -0.2) is 17.6 Å². The molecule has 2 atom stereocenters. The minimum Gasteiger partial charge on any atom is -0.314 e. The summed E-state index contributed by atoms with van der Waals surface area (Å²) in [5.74, 6) is 0.457. The first-order valence-electron chi connectivity index (χ1n) is 5.95. The Labute approximate surface area is 107 Å². The summed E-state index contributed by atoms with van der Waals surface area (Å²) < 4.78 is 1.05. The number of aromatic nitrogens is 1. The lowest BCUT2D eigenvalue weighted by molar-refractivity contribution is 0.441. The number of hydrogen-bond donors (Lipinski definition) is 1.